The standard InChI is InChI=1S/C14H11BrFN3/c1-19-7-11(15)13-12(17-8-18-14(13)19)6-9-2-4-10(16)5-3-9/h2-5,7-8H,6H2,1H3. The van der Waals surface area contributed by atoms with E-state index in [4.69, 9.17) is 0 Å². The van der Waals surface area contributed by atoms with Crippen LogP contribution in [0.1, 0.15) is 11.3 Å². The number of halogens is 2. The molecule has 0 saturated carbocycles. The molecule has 0 aliphatic rings. The van der Waals surface area contributed by atoms with Gasteiger partial charge in [0.25, 0.3) is 0 Å². The van der Waals surface area contributed by atoms with Crippen molar-refractivity contribution in [3.8, 4) is 0 Å². The van der Waals surface area contributed by atoms with Crippen molar-refractivity contribution < 1.29 is 4.39 Å². The monoisotopic (exact) mass is 319 g/mol. The first-order valence-electron chi connectivity index (χ1n) is 5.84. The minimum absolute atomic E-state index is 0.225. The lowest BCUT2D eigenvalue weighted by atomic mass is 10.1. The maximum absolute atomic E-state index is 12.9. The Hall–Kier alpha value is -1.75. The fraction of sp³-hybridized carbons (Fsp3) is 0.143. The fourth-order valence-electron chi connectivity index (χ4n) is 2.15. The molecule has 1 aromatic carbocycles. The van der Waals surface area contributed by atoms with E-state index in [1.54, 1.807) is 18.5 Å². The Balaban J connectivity index is 2.08. The number of benzene rings is 1. The van der Waals surface area contributed by atoms with Gasteiger partial charge in [-0.25, -0.2) is 14.4 Å². The van der Waals surface area contributed by atoms with Crippen LogP contribution in [0.25, 0.3) is 11.0 Å². The van der Waals surface area contributed by atoms with Crippen molar-refractivity contribution in [2.45, 2.75) is 6.42 Å². The van der Waals surface area contributed by atoms with Gasteiger partial charge in [0, 0.05) is 24.1 Å². The van der Waals surface area contributed by atoms with Crippen molar-refractivity contribution in [3.05, 3.63) is 58.3 Å². The van der Waals surface area contributed by atoms with E-state index in [-0.39, 0.29) is 5.82 Å². The molecule has 2 aromatic heterocycles. The fourth-order valence-corrected chi connectivity index (χ4v) is 2.86. The molecule has 0 spiro atoms. The molecule has 3 aromatic rings. The Morgan fingerprint density at radius 1 is 1.21 bits per heavy atom. The van der Waals surface area contributed by atoms with Crippen LogP contribution in [-0.4, -0.2) is 14.5 Å². The molecule has 0 fully saturated rings. The van der Waals surface area contributed by atoms with Crippen LogP contribution in [0.2, 0.25) is 0 Å². The molecule has 0 aliphatic carbocycles. The highest BCUT2D eigenvalue weighted by molar-refractivity contribution is 9.10. The van der Waals surface area contributed by atoms with E-state index in [1.165, 1.54) is 12.1 Å². The van der Waals surface area contributed by atoms with Crippen LogP contribution < -0.4 is 0 Å². The largest absolute Gasteiger partial charge is 0.334 e. The van der Waals surface area contributed by atoms with E-state index < -0.39 is 0 Å². The van der Waals surface area contributed by atoms with Crippen LogP contribution in [-0.2, 0) is 13.5 Å². The van der Waals surface area contributed by atoms with Crippen molar-refractivity contribution >= 4 is 27.0 Å². The van der Waals surface area contributed by atoms with Gasteiger partial charge in [-0.1, -0.05) is 12.1 Å². The Bertz CT molecular complexity index is 734. The molecule has 3 nitrogen and oxygen atoms in total. The van der Waals surface area contributed by atoms with Gasteiger partial charge in [0.2, 0.25) is 0 Å². The maximum Gasteiger partial charge on any atom is 0.144 e. The summed E-state index contributed by atoms with van der Waals surface area (Å²) in [6.45, 7) is 0. The minimum atomic E-state index is -0.225. The molecule has 2 heterocycles. The summed E-state index contributed by atoms with van der Waals surface area (Å²) in [4.78, 5) is 8.63. The quantitative estimate of drug-likeness (QED) is 0.724. The third-order valence-electron chi connectivity index (χ3n) is 3.07. The number of fused-ring (bicyclic) bond motifs is 1. The van der Waals surface area contributed by atoms with Crippen LogP contribution >= 0.6 is 15.9 Å². The zero-order chi connectivity index (χ0) is 13.4. The van der Waals surface area contributed by atoms with Gasteiger partial charge in [-0.2, -0.15) is 0 Å². The summed E-state index contributed by atoms with van der Waals surface area (Å²) in [5.41, 5.74) is 2.85. The van der Waals surface area contributed by atoms with Gasteiger partial charge in [0.15, 0.2) is 0 Å². The molecule has 0 radical (unpaired) electrons. The molecule has 0 unspecified atom stereocenters. The average Bonchev–Trinajstić information content (AvgIpc) is 2.69. The van der Waals surface area contributed by atoms with Crippen molar-refractivity contribution in [1.82, 2.24) is 14.5 Å². The molecule has 0 bridgehead atoms. The second kappa shape index (κ2) is 4.74. The number of hydrogen-bond donors (Lipinski definition) is 0. The van der Waals surface area contributed by atoms with Crippen LogP contribution in [0.15, 0.2) is 41.3 Å². The first-order valence-corrected chi connectivity index (χ1v) is 6.63. The summed E-state index contributed by atoms with van der Waals surface area (Å²) in [7, 11) is 1.95. The zero-order valence-electron chi connectivity index (χ0n) is 10.3. The Kier molecular flexibility index (Phi) is 3.06. The lowest BCUT2D eigenvalue weighted by Gasteiger charge is -2.03. The van der Waals surface area contributed by atoms with Crippen LogP contribution in [0.5, 0.6) is 0 Å². The normalized spacial score (nSPS) is 11.1. The average molecular weight is 320 g/mol. The number of nitrogens with zero attached hydrogens (tertiary/aromatic N) is 3. The predicted octanol–water partition coefficient (Wildman–Crippen LogP) is 3.46. The molecule has 0 N–H and O–H groups in total. The van der Waals surface area contributed by atoms with Crippen LogP contribution in [0.4, 0.5) is 4.39 Å². The van der Waals surface area contributed by atoms with E-state index in [1.807, 2.05) is 17.8 Å². The Labute approximate surface area is 118 Å². The van der Waals surface area contributed by atoms with Crippen molar-refractivity contribution in [3.63, 3.8) is 0 Å². The van der Waals surface area contributed by atoms with E-state index in [0.717, 1.165) is 26.8 Å². The van der Waals surface area contributed by atoms with Gasteiger partial charge in [0.1, 0.15) is 17.8 Å². The van der Waals surface area contributed by atoms with Gasteiger partial charge >= 0.3 is 0 Å². The third-order valence-corrected chi connectivity index (χ3v) is 3.67. The number of hydrogen-bond acceptors (Lipinski definition) is 2. The van der Waals surface area contributed by atoms with E-state index in [2.05, 4.69) is 25.9 Å². The molecule has 0 amide bonds. The summed E-state index contributed by atoms with van der Waals surface area (Å²) < 4.78 is 15.8. The molecule has 5 heteroatoms. The molecule has 19 heavy (non-hydrogen) atoms. The van der Waals surface area contributed by atoms with Gasteiger partial charge in [-0.15, -0.1) is 0 Å². The second-order valence-electron chi connectivity index (χ2n) is 4.41. The van der Waals surface area contributed by atoms with Crippen molar-refractivity contribution in [1.29, 1.82) is 0 Å². The minimum Gasteiger partial charge on any atom is -0.334 e. The third kappa shape index (κ3) is 2.26. The van der Waals surface area contributed by atoms with E-state index in [0.29, 0.717) is 6.42 Å². The van der Waals surface area contributed by atoms with Crippen LogP contribution in [0.3, 0.4) is 0 Å². The van der Waals surface area contributed by atoms with E-state index in [9.17, 15) is 4.39 Å². The Morgan fingerprint density at radius 2 is 1.95 bits per heavy atom. The van der Waals surface area contributed by atoms with Crippen molar-refractivity contribution in [2.24, 2.45) is 7.05 Å². The summed E-state index contributed by atoms with van der Waals surface area (Å²) >= 11 is 3.53. The van der Waals surface area contributed by atoms with Crippen molar-refractivity contribution in [2.75, 3.05) is 0 Å². The van der Waals surface area contributed by atoms with Crippen LogP contribution in [0, 0.1) is 5.82 Å². The van der Waals surface area contributed by atoms with Gasteiger partial charge in [-0.05, 0) is 33.6 Å². The molecule has 96 valence electrons. The molecule has 0 saturated heterocycles. The summed E-state index contributed by atoms with van der Waals surface area (Å²) in [6, 6.07) is 6.49. The Morgan fingerprint density at radius 3 is 2.68 bits per heavy atom. The van der Waals surface area contributed by atoms with Gasteiger partial charge in [-0.3, -0.25) is 0 Å². The maximum atomic E-state index is 12.9. The summed E-state index contributed by atoms with van der Waals surface area (Å²) in [5.74, 6) is -0.225. The highest BCUT2D eigenvalue weighted by atomic mass is 79.9. The number of aryl methyl sites for hydroxylation is 1. The summed E-state index contributed by atoms with van der Waals surface area (Å²) in [6.07, 6.45) is 4.18. The van der Waals surface area contributed by atoms with Gasteiger partial charge in [0.05, 0.1) is 11.1 Å². The lowest BCUT2D eigenvalue weighted by Crippen LogP contribution is -1.96. The highest BCUT2D eigenvalue weighted by Gasteiger charge is 2.11. The van der Waals surface area contributed by atoms with Gasteiger partial charge < -0.3 is 4.57 Å². The smallest absolute Gasteiger partial charge is 0.144 e. The number of aromatic nitrogens is 3. The first kappa shape index (κ1) is 12.3. The zero-order valence-corrected chi connectivity index (χ0v) is 11.9. The first-order chi connectivity index (χ1) is 9.15. The molecule has 0 aliphatic heterocycles. The molecule has 0 atom stereocenters. The topological polar surface area (TPSA) is 30.7 Å². The molecular weight excluding hydrogens is 309 g/mol. The van der Waals surface area contributed by atoms with E-state index >= 15 is 0 Å². The summed E-state index contributed by atoms with van der Waals surface area (Å²) in [5, 5.41) is 1.01. The predicted molar refractivity (Wildman–Crippen MR) is 75.4 cm³/mol. The molecule has 3 rings (SSSR count). The highest BCUT2D eigenvalue weighted by Crippen LogP contribution is 2.27. The lowest BCUT2D eigenvalue weighted by molar-refractivity contribution is 0.627. The number of rotatable bonds is 2. The molecular formula is C14H11BrFN3. The second-order valence-corrected chi connectivity index (χ2v) is 5.26. The SMILES string of the molecule is Cn1cc(Br)c2c(Cc3ccc(F)cc3)ncnc21.